The van der Waals surface area contributed by atoms with Crippen molar-refractivity contribution in [1.82, 2.24) is 10.2 Å². The fourth-order valence-electron chi connectivity index (χ4n) is 3.36. The van der Waals surface area contributed by atoms with Crippen molar-refractivity contribution in [2.75, 3.05) is 20.7 Å². The van der Waals surface area contributed by atoms with Crippen LogP contribution in [0.15, 0.2) is 60.7 Å². The van der Waals surface area contributed by atoms with Crippen LogP contribution >= 0.6 is 0 Å². The van der Waals surface area contributed by atoms with E-state index in [0.717, 1.165) is 16.3 Å². The molecular formula is C24H24F2N2O4. The van der Waals surface area contributed by atoms with Gasteiger partial charge in [-0.3, -0.25) is 9.59 Å². The van der Waals surface area contributed by atoms with Gasteiger partial charge in [0.1, 0.15) is 0 Å². The van der Waals surface area contributed by atoms with Gasteiger partial charge in [0, 0.05) is 13.6 Å². The maximum atomic E-state index is 12.5. The molecular weight excluding hydrogens is 418 g/mol. The molecule has 3 rings (SSSR count). The van der Waals surface area contributed by atoms with Crippen LogP contribution in [0, 0.1) is 0 Å². The number of ether oxygens (including phenoxy) is 2. The number of carbonyl (C=O) groups excluding carboxylic acids is 2. The molecule has 0 heterocycles. The Labute approximate surface area is 184 Å². The first-order chi connectivity index (χ1) is 15.4. The van der Waals surface area contributed by atoms with Crippen LogP contribution < -0.4 is 14.8 Å². The van der Waals surface area contributed by atoms with Crippen molar-refractivity contribution in [1.29, 1.82) is 0 Å². The molecule has 0 saturated heterocycles. The number of rotatable bonds is 9. The molecule has 0 fully saturated rings. The minimum absolute atomic E-state index is 0.0825. The highest BCUT2D eigenvalue weighted by Gasteiger charge is 2.15. The van der Waals surface area contributed by atoms with Gasteiger partial charge < -0.3 is 19.7 Å². The van der Waals surface area contributed by atoms with Gasteiger partial charge in [-0.05, 0) is 34.0 Å². The number of likely N-dealkylation sites (N-methyl/N-ethyl adjacent to an activating group) is 1. The Balaban J connectivity index is 1.55. The Morgan fingerprint density at radius 3 is 2.53 bits per heavy atom. The summed E-state index contributed by atoms with van der Waals surface area (Å²) in [5.41, 5.74) is 1.56. The first kappa shape index (κ1) is 23.0. The second-order valence-corrected chi connectivity index (χ2v) is 7.21. The molecule has 0 unspecified atom stereocenters. The van der Waals surface area contributed by atoms with E-state index in [1.165, 1.54) is 24.1 Å². The second-order valence-electron chi connectivity index (χ2n) is 7.21. The highest BCUT2D eigenvalue weighted by atomic mass is 19.3. The normalized spacial score (nSPS) is 10.8. The number of benzene rings is 3. The first-order valence-corrected chi connectivity index (χ1v) is 9.96. The van der Waals surface area contributed by atoms with Gasteiger partial charge in [0.05, 0.1) is 20.1 Å². The minimum atomic E-state index is -2.96. The molecule has 6 nitrogen and oxygen atoms in total. The third-order valence-electron chi connectivity index (χ3n) is 4.96. The van der Waals surface area contributed by atoms with Crippen LogP contribution in [0.25, 0.3) is 10.8 Å². The zero-order chi connectivity index (χ0) is 23.1. The Kier molecular flexibility index (Phi) is 7.59. The van der Waals surface area contributed by atoms with E-state index in [0.29, 0.717) is 5.56 Å². The van der Waals surface area contributed by atoms with E-state index in [1.807, 2.05) is 42.5 Å². The summed E-state index contributed by atoms with van der Waals surface area (Å²) >= 11 is 0. The lowest BCUT2D eigenvalue weighted by Crippen LogP contribution is -2.38. The number of hydrogen-bond donors (Lipinski definition) is 1. The zero-order valence-corrected chi connectivity index (χ0v) is 17.8. The summed E-state index contributed by atoms with van der Waals surface area (Å²) in [5.74, 6) is -0.477. The van der Waals surface area contributed by atoms with E-state index < -0.39 is 6.61 Å². The average Bonchev–Trinajstić information content (AvgIpc) is 2.78. The van der Waals surface area contributed by atoms with Crippen molar-refractivity contribution in [2.45, 2.75) is 19.6 Å². The van der Waals surface area contributed by atoms with Crippen LogP contribution in [0.3, 0.4) is 0 Å². The standard InChI is InChI=1S/C24H24F2N2O4/c1-28(15-16-10-11-20(32-24(25)26)21(12-16)31-2)23(30)14-27-22(29)13-18-8-5-7-17-6-3-4-9-19(17)18/h3-12,24H,13-15H2,1-2H3,(H,27,29). The smallest absolute Gasteiger partial charge is 0.387 e. The van der Waals surface area contributed by atoms with Crippen LogP contribution in [0.4, 0.5) is 8.78 Å². The molecule has 0 saturated carbocycles. The van der Waals surface area contributed by atoms with Crippen LogP contribution in [0.5, 0.6) is 11.5 Å². The molecule has 0 radical (unpaired) electrons. The quantitative estimate of drug-likeness (QED) is 0.548. The van der Waals surface area contributed by atoms with Gasteiger partial charge >= 0.3 is 6.61 Å². The van der Waals surface area contributed by atoms with Crippen LogP contribution in [-0.4, -0.2) is 44.0 Å². The summed E-state index contributed by atoms with van der Waals surface area (Å²) in [6, 6.07) is 18.0. The van der Waals surface area contributed by atoms with E-state index >= 15 is 0 Å². The molecule has 0 aliphatic carbocycles. The molecule has 0 bridgehead atoms. The first-order valence-electron chi connectivity index (χ1n) is 9.96. The second kappa shape index (κ2) is 10.6. The van der Waals surface area contributed by atoms with E-state index in [4.69, 9.17) is 4.74 Å². The number of nitrogens with one attached hydrogen (secondary N) is 1. The van der Waals surface area contributed by atoms with Crippen LogP contribution in [0.2, 0.25) is 0 Å². The van der Waals surface area contributed by atoms with Gasteiger partial charge in [-0.25, -0.2) is 0 Å². The van der Waals surface area contributed by atoms with Gasteiger partial charge in [0.25, 0.3) is 0 Å². The Morgan fingerprint density at radius 2 is 1.78 bits per heavy atom. The number of carbonyl (C=O) groups is 2. The van der Waals surface area contributed by atoms with Gasteiger partial charge in [-0.2, -0.15) is 8.78 Å². The SMILES string of the molecule is COc1cc(CN(C)C(=O)CNC(=O)Cc2cccc3ccccc23)ccc1OC(F)F. The van der Waals surface area contributed by atoms with Crippen molar-refractivity contribution < 1.29 is 27.8 Å². The number of alkyl halides is 2. The molecule has 1 N–H and O–H groups in total. The largest absolute Gasteiger partial charge is 0.493 e. The van der Waals surface area contributed by atoms with Gasteiger partial charge in [-0.15, -0.1) is 0 Å². The molecule has 3 aromatic rings. The Hall–Kier alpha value is -3.68. The fourth-order valence-corrected chi connectivity index (χ4v) is 3.36. The topological polar surface area (TPSA) is 67.9 Å². The highest BCUT2D eigenvalue weighted by Crippen LogP contribution is 2.29. The molecule has 168 valence electrons. The van der Waals surface area contributed by atoms with Gasteiger partial charge in [0.15, 0.2) is 11.5 Å². The fraction of sp³-hybridized carbons (Fsp3) is 0.250. The summed E-state index contributed by atoms with van der Waals surface area (Å²) in [6.45, 7) is -2.90. The molecule has 32 heavy (non-hydrogen) atoms. The minimum Gasteiger partial charge on any atom is -0.493 e. The van der Waals surface area contributed by atoms with Crippen molar-refractivity contribution in [2.24, 2.45) is 0 Å². The summed E-state index contributed by atoms with van der Waals surface area (Å²) < 4.78 is 34.4. The van der Waals surface area contributed by atoms with Crippen molar-refractivity contribution in [3.05, 3.63) is 71.8 Å². The number of hydrogen-bond acceptors (Lipinski definition) is 4. The molecule has 0 aliphatic heterocycles. The predicted molar refractivity (Wildman–Crippen MR) is 117 cm³/mol. The van der Waals surface area contributed by atoms with Crippen LogP contribution in [-0.2, 0) is 22.6 Å². The number of nitrogens with zero attached hydrogens (tertiary/aromatic N) is 1. The van der Waals surface area contributed by atoms with Crippen molar-refractivity contribution in [3.8, 4) is 11.5 Å². The van der Waals surface area contributed by atoms with E-state index in [1.54, 1.807) is 13.1 Å². The summed E-state index contributed by atoms with van der Waals surface area (Å²) in [7, 11) is 2.94. The lowest BCUT2D eigenvalue weighted by molar-refractivity contribution is -0.132. The zero-order valence-electron chi connectivity index (χ0n) is 17.8. The average molecular weight is 442 g/mol. The molecule has 2 amide bonds. The monoisotopic (exact) mass is 442 g/mol. The molecule has 0 atom stereocenters. The number of amides is 2. The van der Waals surface area contributed by atoms with Gasteiger partial charge in [0.2, 0.25) is 11.8 Å². The molecule has 0 aromatic heterocycles. The third-order valence-corrected chi connectivity index (χ3v) is 4.96. The van der Waals surface area contributed by atoms with Crippen molar-refractivity contribution in [3.63, 3.8) is 0 Å². The summed E-state index contributed by atoms with van der Waals surface area (Å²) in [6.07, 6.45) is 0.168. The number of fused-ring (bicyclic) bond motifs is 1. The van der Waals surface area contributed by atoms with Gasteiger partial charge in [-0.1, -0.05) is 48.5 Å². The van der Waals surface area contributed by atoms with E-state index in [2.05, 4.69) is 10.1 Å². The van der Waals surface area contributed by atoms with E-state index in [9.17, 15) is 18.4 Å². The molecule has 0 aliphatic rings. The number of methoxy groups -OCH3 is 1. The Bertz CT molecular complexity index is 1100. The van der Waals surface area contributed by atoms with Crippen LogP contribution in [0.1, 0.15) is 11.1 Å². The third kappa shape index (κ3) is 5.94. The lowest BCUT2D eigenvalue weighted by Gasteiger charge is -2.19. The summed E-state index contributed by atoms with van der Waals surface area (Å²) in [5, 5.41) is 4.71. The highest BCUT2D eigenvalue weighted by molar-refractivity contribution is 5.91. The maximum absolute atomic E-state index is 12.5. The molecule has 0 spiro atoms. The summed E-state index contributed by atoms with van der Waals surface area (Å²) in [4.78, 5) is 26.2. The maximum Gasteiger partial charge on any atom is 0.387 e. The predicted octanol–water partition coefficient (Wildman–Crippen LogP) is 3.77. The molecule has 3 aromatic carbocycles. The number of halogens is 2. The lowest BCUT2D eigenvalue weighted by atomic mass is 10.0. The van der Waals surface area contributed by atoms with E-state index in [-0.39, 0.29) is 42.8 Å². The van der Waals surface area contributed by atoms with Crippen molar-refractivity contribution >= 4 is 22.6 Å². The molecule has 8 heteroatoms. The Morgan fingerprint density at radius 1 is 1.03 bits per heavy atom.